The number of hydrogen-bond acceptors (Lipinski definition) is 5. The van der Waals surface area contributed by atoms with Gasteiger partial charge >= 0.3 is 0 Å². The fourth-order valence-corrected chi connectivity index (χ4v) is 4.37. The van der Waals surface area contributed by atoms with Gasteiger partial charge in [-0.3, -0.25) is 0 Å². The lowest BCUT2D eigenvalue weighted by Gasteiger charge is -2.14. The average Bonchev–Trinajstić information content (AvgIpc) is 3.07. The molecule has 1 aromatic carbocycles. The van der Waals surface area contributed by atoms with Gasteiger partial charge in [-0.15, -0.1) is 11.3 Å². The molecule has 0 saturated carbocycles. The molecule has 0 amide bonds. The van der Waals surface area contributed by atoms with Crippen molar-refractivity contribution in [1.29, 1.82) is 0 Å². The van der Waals surface area contributed by atoms with Gasteiger partial charge in [-0.25, -0.2) is 22.8 Å². The van der Waals surface area contributed by atoms with Crippen molar-refractivity contribution in [2.45, 2.75) is 52.0 Å². The minimum absolute atomic E-state index is 0.000729. The quantitative estimate of drug-likeness (QED) is 0.509. The Bertz CT molecular complexity index is 963. The summed E-state index contributed by atoms with van der Waals surface area (Å²) in [5.41, 5.74) is 2.16. The lowest BCUT2D eigenvalue weighted by molar-refractivity contribution is 0.570. The topological polar surface area (TPSA) is 83.5 Å². The largest absolute Gasteiger partial charge is 0.357 e. The maximum atomic E-state index is 13.7. The van der Waals surface area contributed by atoms with Crippen LogP contribution in [0.3, 0.4) is 0 Å². The number of thiazole rings is 1. The molecule has 0 aliphatic carbocycles. The molecule has 0 bridgehead atoms. The molecule has 0 fully saturated rings. The summed E-state index contributed by atoms with van der Waals surface area (Å²) in [4.78, 5) is 9.15. The van der Waals surface area contributed by atoms with Crippen LogP contribution in [-0.2, 0) is 34.1 Å². The van der Waals surface area contributed by atoms with Gasteiger partial charge in [0.2, 0.25) is 0 Å². The van der Waals surface area contributed by atoms with E-state index in [-0.39, 0.29) is 17.7 Å². The average molecular weight is 441 g/mol. The van der Waals surface area contributed by atoms with Gasteiger partial charge in [0.05, 0.1) is 24.5 Å². The van der Waals surface area contributed by atoms with E-state index in [0.29, 0.717) is 30.2 Å². The minimum Gasteiger partial charge on any atom is -0.357 e. The van der Waals surface area contributed by atoms with Gasteiger partial charge < -0.3 is 10.6 Å². The molecule has 0 aliphatic rings. The van der Waals surface area contributed by atoms with Crippen LogP contribution in [0.4, 0.5) is 4.39 Å². The zero-order valence-electron chi connectivity index (χ0n) is 17.5. The van der Waals surface area contributed by atoms with Crippen LogP contribution in [-0.4, -0.2) is 32.2 Å². The lowest BCUT2D eigenvalue weighted by atomic mass is 9.93. The summed E-state index contributed by atoms with van der Waals surface area (Å²) in [6, 6.07) is 4.11. The molecule has 9 heteroatoms. The van der Waals surface area contributed by atoms with Crippen LogP contribution in [0.2, 0.25) is 0 Å². The number of aliphatic imine (C=N–C) groups is 1. The Balaban J connectivity index is 2.13. The van der Waals surface area contributed by atoms with Crippen LogP contribution in [0.5, 0.6) is 0 Å². The Morgan fingerprint density at radius 2 is 1.97 bits per heavy atom. The fourth-order valence-electron chi connectivity index (χ4n) is 2.57. The number of halogens is 1. The maximum Gasteiger partial charge on any atom is 0.191 e. The van der Waals surface area contributed by atoms with E-state index in [9.17, 15) is 12.8 Å². The van der Waals surface area contributed by atoms with Gasteiger partial charge in [0.1, 0.15) is 10.8 Å². The summed E-state index contributed by atoms with van der Waals surface area (Å²) in [6.45, 7) is 9.68. The second-order valence-corrected chi connectivity index (χ2v) is 11.0. The molecule has 0 unspecified atom stereocenters. The molecule has 2 aromatic rings. The van der Waals surface area contributed by atoms with Crippen molar-refractivity contribution in [3.05, 3.63) is 51.2 Å². The van der Waals surface area contributed by atoms with Crippen LogP contribution in [0.15, 0.2) is 28.6 Å². The van der Waals surface area contributed by atoms with E-state index in [4.69, 9.17) is 0 Å². The van der Waals surface area contributed by atoms with Gasteiger partial charge in [0.15, 0.2) is 15.8 Å². The summed E-state index contributed by atoms with van der Waals surface area (Å²) in [5, 5.41) is 9.38. The highest BCUT2D eigenvalue weighted by atomic mass is 32.2. The van der Waals surface area contributed by atoms with E-state index in [2.05, 4.69) is 46.8 Å². The fraction of sp³-hybridized carbons (Fsp3) is 0.500. The van der Waals surface area contributed by atoms with Crippen molar-refractivity contribution in [3.63, 3.8) is 0 Å². The van der Waals surface area contributed by atoms with E-state index in [1.807, 2.05) is 6.92 Å². The Kier molecular flexibility index (Phi) is 7.76. The molecule has 0 aliphatic heterocycles. The minimum atomic E-state index is -3.23. The standard InChI is InChI=1S/C20H29FN4O2S2/c1-6-22-19(24-11-18-25-17(12-28-18)20(2,3)4)23-10-15-9-16(21)8-7-14(15)13-29(5,26)27/h7-9,12H,6,10-11,13H2,1-5H3,(H2,22,23,24). The van der Waals surface area contributed by atoms with Crippen molar-refractivity contribution in [2.75, 3.05) is 12.8 Å². The Morgan fingerprint density at radius 3 is 2.55 bits per heavy atom. The Morgan fingerprint density at radius 1 is 1.24 bits per heavy atom. The first-order valence-corrected chi connectivity index (χ1v) is 12.3. The van der Waals surface area contributed by atoms with Crippen LogP contribution < -0.4 is 10.6 Å². The summed E-state index contributed by atoms with van der Waals surface area (Å²) < 4.78 is 37.0. The number of aromatic nitrogens is 1. The number of sulfone groups is 1. The van der Waals surface area contributed by atoms with Gasteiger partial charge in [0.25, 0.3) is 0 Å². The van der Waals surface area contributed by atoms with Crippen molar-refractivity contribution in [2.24, 2.45) is 4.99 Å². The van der Waals surface area contributed by atoms with E-state index >= 15 is 0 Å². The molecule has 0 spiro atoms. The highest BCUT2D eigenvalue weighted by Gasteiger charge is 2.17. The predicted molar refractivity (Wildman–Crippen MR) is 117 cm³/mol. The number of nitrogens with one attached hydrogen (secondary N) is 2. The van der Waals surface area contributed by atoms with E-state index < -0.39 is 15.7 Å². The van der Waals surface area contributed by atoms with E-state index in [1.165, 1.54) is 18.2 Å². The van der Waals surface area contributed by atoms with Crippen molar-refractivity contribution < 1.29 is 12.8 Å². The van der Waals surface area contributed by atoms with Crippen LogP contribution >= 0.6 is 11.3 Å². The van der Waals surface area contributed by atoms with Gasteiger partial charge in [0, 0.05) is 23.6 Å². The molecular weight excluding hydrogens is 411 g/mol. The number of guanidine groups is 1. The number of hydrogen-bond donors (Lipinski definition) is 2. The number of benzene rings is 1. The van der Waals surface area contributed by atoms with E-state index in [0.717, 1.165) is 17.0 Å². The second-order valence-electron chi connectivity index (χ2n) is 7.91. The second kappa shape index (κ2) is 9.67. The molecule has 1 heterocycles. The molecule has 2 rings (SSSR count). The Labute approximate surface area is 176 Å². The molecule has 0 atom stereocenters. The van der Waals surface area contributed by atoms with Crippen LogP contribution in [0.25, 0.3) is 0 Å². The van der Waals surface area contributed by atoms with Crippen molar-refractivity contribution in [1.82, 2.24) is 15.6 Å². The number of nitrogens with zero attached hydrogens (tertiary/aromatic N) is 2. The monoisotopic (exact) mass is 440 g/mol. The third-order valence-corrected chi connectivity index (χ3v) is 5.75. The van der Waals surface area contributed by atoms with E-state index in [1.54, 1.807) is 11.3 Å². The summed E-state index contributed by atoms with van der Waals surface area (Å²) >= 11 is 1.59. The molecule has 1 aromatic heterocycles. The summed E-state index contributed by atoms with van der Waals surface area (Å²) in [5.74, 6) is 0.00838. The summed E-state index contributed by atoms with van der Waals surface area (Å²) in [7, 11) is -3.23. The van der Waals surface area contributed by atoms with Gasteiger partial charge in [-0.05, 0) is 30.2 Å². The third-order valence-electron chi connectivity index (χ3n) is 4.06. The maximum absolute atomic E-state index is 13.7. The first kappa shape index (κ1) is 23.3. The smallest absolute Gasteiger partial charge is 0.191 e. The molecule has 2 N–H and O–H groups in total. The van der Waals surface area contributed by atoms with Crippen LogP contribution in [0, 0.1) is 5.82 Å². The van der Waals surface area contributed by atoms with Crippen molar-refractivity contribution >= 4 is 27.1 Å². The molecule has 0 saturated heterocycles. The normalized spacial score (nSPS) is 12.8. The highest BCUT2D eigenvalue weighted by molar-refractivity contribution is 7.89. The van der Waals surface area contributed by atoms with Crippen molar-refractivity contribution in [3.8, 4) is 0 Å². The Hall–Kier alpha value is -2.00. The zero-order valence-corrected chi connectivity index (χ0v) is 19.2. The number of rotatable bonds is 7. The lowest BCUT2D eigenvalue weighted by Crippen LogP contribution is -2.36. The zero-order chi connectivity index (χ0) is 21.7. The SMILES string of the molecule is CCNC(=NCc1cc(F)ccc1CS(C)(=O)=O)NCc1nc(C(C)(C)C)cs1. The van der Waals surface area contributed by atoms with Gasteiger partial charge in [-0.2, -0.15) is 0 Å². The summed E-state index contributed by atoms with van der Waals surface area (Å²) in [6.07, 6.45) is 1.16. The molecule has 0 radical (unpaired) electrons. The molecular formula is C20H29FN4O2S2. The first-order valence-electron chi connectivity index (χ1n) is 9.40. The highest BCUT2D eigenvalue weighted by Crippen LogP contribution is 2.23. The molecule has 29 heavy (non-hydrogen) atoms. The first-order chi connectivity index (χ1) is 13.5. The predicted octanol–water partition coefficient (Wildman–Crippen LogP) is 3.38. The third kappa shape index (κ3) is 7.74. The molecule has 160 valence electrons. The van der Waals surface area contributed by atoms with Gasteiger partial charge in [-0.1, -0.05) is 26.8 Å². The van der Waals surface area contributed by atoms with Crippen LogP contribution in [0.1, 0.15) is 49.5 Å². The molecule has 6 nitrogen and oxygen atoms in total.